The van der Waals surface area contributed by atoms with E-state index in [4.69, 9.17) is 0 Å². The van der Waals surface area contributed by atoms with Gasteiger partial charge in [0.05, 0.1) is 0 Å². The summed E-state index contributed by atoms with van der Waals surface area (Å²) in [5.74, 6) is 7.98. The first-order valence-corrected chi connectivity index (χ1v) is 13.5. The minimum Gasteiger partial charge on any atom is -0.157 e. The molecule has 2 saturated carbocycles. The van der Waals surface area contributed by atoms with E-state index >= 15 is 0 Å². The second kappa shape index (κ2) is 8.19. The molecule has 2 aliphatic carbocycles. The van der Waals surface area contributed by atoms with Crippen LogP contribution < -0.4 is 0 Å². The quantitative estimate of drug-likeness (QED) is 0.516. The number of hydrogen-bond acceptors (Lipinski definition) is 4. The topological polar surface area (TPSA) is 0 Å². The minimum absolute atomic E-state index is 1.01. The predicted octanol–water partition coefficient (Wildman–Crippen LogP) is 5.80. The fourth-order valence-corrected chi connectivity index (χ4v) is 8.74. The highest BCUT2D eigenvalue weighted by atomic mass is 32.2. The van der Waals surface area contributed by atoms with Crippen molar-refractivity contribution in [3.63, 3.8) is 0 Å². The van der Waals surface area contributed by atoms with E-state index in [1.807, 2.05) is 0 Å². The SMILES string of the molecule is C1CC(C2CCC(SCC3CS3)CC2)CCC1SCC1CS1. The van der Waals surface area contributed by atoms with Gasteiger partial charge in [-0.1, -0.05) is 0 Å². The summed E-state index contributed by atoms with van der Waals surface area (Å²) in [6, 6.07) is 0. The Labute approximate surface area is 153 Å². The molecule has 0 aromatic rings. The highest BCUT2D eigenvalue weighted by molar-refractivity contribution is 8.09. The molecule has 0 nitrogen and oxygen atoms in total. The highest BCUT2D eigenvalue weighted by Gasteiger charge is 2.32. The standard InChI is InChI=1S/C18H30S4/c1-5-15(19-9-17-11-21-17)6-2-13(1)14-3-7-16(8-4-14)20-10-18-12-22-18/h13-18H,1-12H2. The van der Waals surface area contributed by atoms with Gasteiger partial charge < -0.3 is 0 Å². The van der Waals surface area contributed by atoms with Crippen LogP contribution >= 0.6 is 47.0 Å². The summed E-state index contributed by atoms with van der Waals surface area (Å²) in [5.41, 5.74) is 0. The van der Waals surface area contributed by atoms with Crippen molar-refractivity contribution in [3.05, 3.63) is 0 Å². The number of rotatable bonds is 7. The van der Waals surface area contributed by atoms with Gasteiger partial charge in [0.25, 0.3) is 0 Å². The van der Waals surface area contributed by atoms with Crippen LogP contribution in [0.5, 0.6) is 0 Å². The van der Waals surface area contributed by atoms with Crippen molar-refractivity contribution in [2.24, 2.45) is 11.8 Å². The molecule has 2 aliphatic heterocycles. The average Bonchev–Trinajstić information content (AvgIpc) is 3.47. The van der Waals surface area contributed by atoms with Gasteiger partial charge in [0.1, 0.15) is 0 Å². The van der Waals surface area contributed by atoms with Crippen LogP contribution in [-0.4, -0.2) is 44.0 Å². The molecule has 0 aromatic heterocycles. The minimum atomic E-state index is 1.01. The zero-order valence-corrected chi connectivity index (χ0v) is 16.8. The van der Waals surface area contributed by atoms with Gasteiger partial charge in [-0.3, -0.25) is 0 Å². The van der Waals surface area contributed by atoms with Crippen molar-refractivity contribution in [3.8, 4) is 0 Å². The van der Waals surface area contributed by atoms with E-state index in [9.17, 15) is 0 Å². The summed E-state index contributed by atoms with van der Waals surface area (Å²) in [6.07, 6.45) is 12.3. The molecule has 0 N–H and O–H groups in total. The zero-order valence-electron chi connectivity index (χ0n) is 13.6. The Bertz CT molecular complexity index is 303. The third kappa shape index (κ3) is 5.20. The first kappa shape index (κ1) is 16.8. The maximum Gasteiger partial charge on any atom is 0.0229 e. The first-order valence-electron chi connectivity index (χ1n) is 9.33. The Morgan fingerprint density at radius 3 is 1.27 bits per heavy atom. The maximum atomic E-state index is 2.31. The molecule has 2 unspecified atom stereocenters. The van der Waals surface area contributed by atoms with Gasteiger partial charge in [-0.2, -0.15) is 47.0 Å². The van der Waals surface area contributed by atoms with Crippen molar-refractivity contribution in [1.29, 1.82) is 0 Å². The van der Waals surface area contributed by atoms with E-state index in [2.05, 4.69) is 47.0 Å². The van der Waals surface area contributed by atoms with E-state index < -0.39 is 0 Å². The van der Waals surface area contributed by atoms with Gasteiger partial charge in [0.2, 0.25) is 0 Å². The van der Waals surface area contributed by atoms with Crippen LogP contribution in [-0.2, 0) is 0 Å². The molecule has 0 bridgehead atoms. The van der Waals surface area contributed by atoms with Gasteiger partial charge in [0, 0.05) is 44.0 Å². The summed E-state index contributed by atoms with van der Waals surface area (Å²) in [6.45, 7) is 0. The molecular formula is C18H30S4. The lowest BCUT2D eigenvalue weighted by Crippen LogP contribution is -2.27. The van der Waals surface area contributed by atoms with Gasteiger partial charge in [-0.05, 0) is 63.2 Å². The third-order valence-corrected chi connectivity index (χ3v) is 11.4. The summed E-state index contributed by atoms with van der Waals surface area (Å²) in [5, 5.41) is 4.09. The molecule has 4 aliphatic rings. The molecule has 4 rings (SSSR count). The molecule has 0 aromatic carbocycles. The summed E-state index contributed by atoms with van der Waals surface area (Å²) in [4.78, 5) is 0. The van der Waals surface area contributed by atoms with Crippen molar-refractivity contribution in [2.45, 2.75) is 72.4 Å². The second-order valence-electron chi connectivity index (χ2n) is 7.65. The molecule has 2 atom stereocenters. The molecule has 0 radical (unpaired) electrons. The van der Waals surface area contributed by atoms with E-state index in [1.165, 1.54) is 48.7 Å². The van der Waals surface area contributed by atoms with Gasteiger partial charge in [-0.15, -0.1) is 0 Å². The highest BCUT2D eigenvalue weighted by Crippen LogP contribution is 2.45. The van der Waals surface area contributed by atoms with Gasteiger partial charge >= 0.3 is 0 Å². The molecular weight excluding hydrogens is 344 g/mol. The molecule has 126 valence electrons. The van der Waals surface area contributed by atoms with E-state index in [0.717, 1.165) is 32.8 Å². The van der Waals surface area contributed by atoms with Crippen LogP contribution in [0, 0.1) is 11.8 Å². The lowest BCUT2D eigenvalue weighted by Gasteiger charge is -2.37. The molecule has 4 heteroatoms. The first-order chi connectivity index (χ1) is 10.9. The molecule has 22 heavy (non-hydrogen) atoms. The smallest absolute Gasteiger partial charge is 0.0229 e. The van der Waals surface area contributed by atoms with Crippen LogP contribution in [0.4, 0.5) is 0 Å². The maximum absolute atomic E-state index is 2.31. The van der Waals surface area contributed by atoms with Crippen molar-refractivity contribution < 1.29 is 0 Å². The summed E-state index contributed by atoms with van der Waals surface area (Å²) < 4.78 is 0. The number of hydrogen-bond donors (Lipinski definition) is 0. The Morgan fingerprint density at radius 1 is 0.591 bits per heavy atom. The Balaban J connectivity index is 1.12. The van der Waals surface area contributed by atoms with E-state index in [0.29, 0.717) is 0 Å². The Hall–Kier alpha value is 1.40. The van der Waals surface area contributed by atoms with E-state index in [-0.39, 0.29) is 0 Å². The third-order valence-electron chi connectivity index (χ3n) is 5.94. The van der Waals surface area contributed by atoms with Crippen LogP contribution in [0.2, 0.25) is 0 Å². The Morgan fingerprint density at radius 2 is 0.955 bits per heavy atom. The van der Waals surface area contributed by atoms with Crippen LogP contribution in [0.25, 0.3) is 0 Å². The number of thioether (sulfide) groups is 4. The molecule has 0 spiro atoms. The predicted molar refractivity (Wildman–Crippen MR) is 109 cm³/mol. The zero-order chi connectivity index (χ0) is 14.8. The Kier molecular flexibility index (Phi) is 6.27. The van der Waals surface area contributed by atoms with Crippen LogP contribution in [0.1, 0.15) is 51.4 Å². The largest absolute Gasteiger partial charge is 0.157 e. The van der Waals surface area contributed by atoms with Crippen molar-refractivity contribution in [1.82, 2.24) is 0 Å². The fraction of sp³-hybridized carbons (Fsp3) is 1.00. The van der Waals surface area contributed by atoms with Crippen molar-refractivity contribution in [2.75, 3.05) is 23.0 Å². The fourth-order valence-electron chi connectivity index (χ4n) is 4.27. The molecule has 2 heterocycles. The lowest BCUT2D eigenvalue weighted by atomic mass is 9.73. The monoisotopic (exact) mass is 374 g/mol. The average molecular weight is 375 g/mol. The van der Waals surface area contributed by atoms with Gasteiger partial charge in [-0.25, -0.2) is 0 Å². The molecule has 0 amide bonds. The summed E-state index contributed by atoms with van der Waals surface area (Å²) >= 11 is 8.94. The molecule has 4 fully saturated rings. The second-order valence-corrected chi connectivity index (χ2v) is 13.0. The summed E-state index contributed by atoms with van der Waals surface area (Å²) in [7, 11) is 0. The normalized spacial score (nSPS) is 44.7. The van der Waals surface area contributed by atoms with Crippen LogP contribution in [0.3, 0.4) is 0 Å². The van der Waals surface area contributed by atoms with E-state index in [1.54, 1.807) is 25.7 Å². The lowest BCUT2D eigenvalue weighted by molar-refractivity contribution is 0.201. The molecule has 2 saturated heterocycles. The van der Waals surface area contributed by atoms with Crippen molar-refractivity contribution >= 4 is 47.0 Å². The van der Waals surface area contributed by atoms with Gasteiger partial charge in [0.15, 0.2) is 0 Å². The van der Waals surface area contributed by atoms with Crippen LogP contribution in [0.15, 0.2) is 0 Å².